The largest absolute Gasteiger partial charge is 0.394 e. The Balaban J connectivity index is 1.66. The normalized spacial score (nSPS) is 26.7. The Morgan fingerprint density at radius 3 is 2.62 bits per heavy atom. The first-order chi connectivity index (χ1) is 13.9. The SMILES string of the molecule is C[C@@]1(O)[C@H](O)[C@@H](CO)O[C@H]1c1ccc2c(NCc3ccccc3)nc(Cl)nc2c1. The summed E-state index contributed by atoms with van der Waals surface area (Å²) in [5, 5.41) is 34.5. The van der Waals surface area contributed by atoms with Crippen molar-refractivity contribution >= 4 is 28.3 Å². The predicted octanol–water partition coefficient (Wildman–Crippen LogP) is 2.44. The van der Waals surface area contributed by atoms with Crippen LogP contribution in [0, 0.1) is 0 Å². The topological polar surface area (TPSA) is 108 Å². The lowest BCUT2D eigenvalue weighted by molar-refractivity contribution is -0.0645. The van der Waals surface area contributed by atoms with E-state index in [0.29, 0.717) is 23.4 Å². The molecule has 4 atom stereocenters. The molecule has 2 heterocycles. The molecule has 7 nitrogen and oxygen atoms in total. The quantitative estimate of drug-likeness (QED) is 0.474. The molecule has 0 bridgehead atoms. The Kier molecular flexibility index (Phi) is 5.42. The van der Waals surface area contributed by atoms with Gasteiger partial charge < -0.3 is 25.4 Å². The van der Waals surface area contributed by atoms with Gasteiger partial charge in [-0.1, -0.05) is 36.4 Å². The van der Waals surface area contributed by atoms with Gasteiger partial charge in [-0.05, 0) is 41.8 Å². The van der Waals surface area contributed by atoms with Crippen LogP contribution < -0.4 is 5.32 Å². The molecule has 0 radical (unpaired) electrons. The van der Waals surface area contributed by atoms with E-state index >= 15 is 0 Å². The Labute approximate surface area is 173 Å². The van der Waals surface area contributed by atoms with E-state index in [-0.39, 0.29) is 11.9 Å². The minimum atomic E-state index is -1.55. The Bertz CT molecular complexity index is 1020. The van der Waals surface area contributed by atoms with Crippen LogP contribution in [0.2, 0.25) is 5.28 Å². The molecule has 3 aromatic rings. The van der Waals surface area contributed by atoms with Crippen LogP contribution in [0.25, 0.3) is 10.9 Å². The number of aliphatic hydroxyl groups is 3. The fourth-order valence-electron chi connectivity index (χ4n) is 3.68. The van der Waals surface area contributed by atoms with Crippen molar-refractivity contribution in [2.24, 2.45) is 0 Å². The van der Waals surface area contributed by atoms with Gasteiger partial charge in [-0.2, -0.15) is 0 Å². The lowest BCUT2D eigenvalue weighted by Crippen LogP contribution is -2.42. The number of fused-ring (bicyclic) bond motifs is 1. The zero-order valence-electron chi connectivity index (χ0n) is 15.8. The van der Waals surface area contributed by atoms with E-state index in [1.165, 1.54) is 6.92 Å². The number of halogens is 1. The standard InChI is InChI=1S/C21H22ClN3O4/c1-21(28)17(27)16(11-26)29-18(21)13-7-8-14-15(9-13)24-20(22)25-19(14)23-10-12-5-3-2-4-6-12/h2-9,16-18,26-28H,10-11H2,1H3,(H,23,24,25)/t16-,17-,18+,21-/m1/s1. The summed E-state index contributed by atoms with van der Waals surface area (Å²) < 4.78 is 5.70. The number of rotatable bonds is 5. The van der Waals surface area contributed by atoms with E-state index in [2.05, 4.69) is 15.3 Å². The fourth-order valence-corrected chi connectivity index (χ4v) is 3.85. The molecule has 4 rings (SSSR count). The van der Waals surface area contributed by atoms with E-state index in [4.69, 9.17) is 16.3 Å². The van der Waals surface area contributed by atoms with Crippen LogP contribution in [-0.2, 0) is 11.3 Å². The summed E-state index contributed by atoms with van der Waals surface area (Å²) in [6.45, 7) is 1.68. The van der Waals surface area contributed by atoms with Gasteiger partial charge in [0.25, 0.3) is 0 Å². The summed E-state index contributed by atoms with van der Waals surface area (Å²) in [6.07, 6.45) is -2.87. The number of benzene rings is 2. The highest BCUT2D eigenvalue weighted by molar-refractivity contribution is 6.28. The van der Waals surface area contributed by atoms with Crippen LogP contribution in [0.4, 0.5) is 5.82 Å². The average molecular weight is 416 g/mol. The maximum Gasteiger partial charge on any atom is 0.224 e. The highest BCUT2D eigenvalue weighted by Gasteiger charge is 2.52. The molecule has 152 valence electrons. The van der Waals surface area contributed by atoms with Crippen LogP contribution in [0.5, 0.6) is 0 Å². The number of anilines is 1. The van der Waals surface area contributed by atoms with Crippen molar-refractivity contribution in [1.29, 1.82) is 0 Å². The molecule has 1 aliphatic rings. The predicted molar refractivity (Wildman–Crippen MR) is 110 cm³/mol. The summed E-state index contributed by atoms with van der Waals surface area (Å²) in [4.78, 5) is 8.59. The van der Waals surface area contributed by atoms with Gasteiger partial charge in [0.1, 0.15) is 29.7 Å². The number of hydrogen-bond acceptors (Lipinski definition) is 7. The van der Waals surface area contributed by atoms with Crippen LogP contribution in [0.3, 0.4) is 0 Å². The van der Waals surface area contributed by atoms with Gasteiger partial charge in [-0.25, -0.2) is 9.97 Å². The molecular formula is C21H22ClN3O4. The van der Waals surface area contributed by atoms with Gasteiger partial charge in [-0.15, -0.1) is 0 Å². The van der Waals surface area contributed by atoms with Crippen molar-refractivity contribution in [3.63, 3.8) is 0 Å². The van der Waals surface area contributed by atoms with E-state index < -0.39 is 23.9 Å². The second-order valence-corrected chi connectivity index (χ2v) is 7.70. The molecule has 8 heteroatoms. The third-order valence-electron chi connectivity index (χ3n) is 5.27. The Morgan fingerprint density at radius 1 is 1.17 bits per heavy atom. The zero-order chi connectivity index (χ0) is 20.6. The molecule has 0 saturated carbocycles. The molecule has 0 amide bonds. The summed E-state index contributed by atoms with van der Waals surface area (Å²) in [6, 6.07) is 15.3. The summed E-state index contributed by atoms with van der Waals surface area (Å²) in [5.74, 6) is 0.600. The van der Waals surface area contributed by atoms with E-state index in [9.17, 15) is 15.3 Å². The Morgan fingerprint density at radius 2 is 1.93 bits per heavy atom. The molecule has 1 fully saturated rings. The molecule has 1 aromatic heterocycles. The molecule has 0 unspecified atom stereocenters. The Hall–Kier alpha value is -2.29. The molecule has 2 aromatic carbocycles. The lowest BCUT2D eigenvalue weighted by atomic mass is 9.88. The van der Waals surface area contributed by atoms with Crippen molar-refractivity contribution in [3.8, 4) is 0 Å². The van der Waals surface area contributed by atoms with Crippen molar-refractivity contribution in [3.05, 3.63) is 64.9 Å². The molecular weight excluding hydrogens is 394 g/mol. The highest BCUT2D eigenvalue weighted by Crippen LogP contribution is 2.42. The number of ether oxygens (including phenoxy) is 1. The van der Waals surface area contributed by atoms with Crippen LogP contribution in [0.15, 0.2) is 48.5 Å². The maximum absolute atomic E-state index is 10.7. The van der Waals surface area contributed by atoms with Gasteiger partial charge in [0.2, 0.25) is 5.28 Å². The van der Waals surface area contributed by atoms with Crippen LogP contribution in [-0.4, -0.2) is 49.7 Å². The summed E-state index contributed by atoms with van der Waals surface area (Å²) >= 11 is 6.13. The fraction of sp³-hybridized carbons (Fsp3) is 0.333. The van der Waals surface area contributed by atoms with E-state index in [0.717, 1.165) is 10.9 Å². The van der Waals surface area contributed by atoms with Gasteiger partial charge in [-0.3, -0.25) is 0 Å². The third kappa shape index (κ3) is 3.80. The first kappa shape index (κ1) is 20.0. The van der Waals surface area contributed by atoms with Crippen molar-refractivity contribution in [2.75, 3.05) is 11.9 Å². The van der Waals surface area contributed by atoms with E-state index in [1.807, 2.05) is 36.4 Å². The first-order valence-corrected chi connectivity index (χ1v) is 9.69. The minimum absolute atomic E-state index is 0.0950. The van der Waals surface area contributed by atoms with Gasteiger partial charge >= 0.3 is 0 Å². The lowest BCUT2D eigenvalue weighted by Gasteiger charge is -2.27. The van der Waals surface area contributed by atoms with Crippen molar-refractivity contribution in [2.45, 2.75) is 37.4 Å². The number of hydrogen-bond donors (Lipinski definition) is 4. The number of nitrogens with one attached hydrogen (secondary N) is 1. The molecule has 29 heavy (non-hydrogen) atoms. The average Bonchev–Trinajstić information content (AvgIpc) is 2.95. The van der Waals surface area contributed by atoms with Crippen LogP contribution in [0.1, 0.15) is 24.2 Å². The van der Waals surface area contributed by atoms with Gasteiger partial charge in [0, 0.05) is 11.9 Å². The van der Waals surface area contributed by atoms with E-state index in [1.54, 1.807) is 12.1 Å². The smallest absolute Gasteiger partial charge is 0.224 e. The summed E-state index contributed by atoms with van der Waals surface area (Å²) in [5.41, 5.74) is 0.763. The third-order valence-corrected chi connectivity index (χ3v) is 5.44. The molecule has 4 N–H and O–H groups in total. The van der Waals surface area contributed by atoms with Crippen molar-refractivity contribution in [1.82, 2.24) is 9.97 Å². The molecule has 1 saturated heterocycles. The van der Waals surface area contributed by atoms with Crippen LogP contribution >= 0.6 is 11.6 Å². The second kappa shape index (κ2) is 7.85. The molecule has 0 spiro atoms. The monoisotopic (exact) mass is 415 g/mol. The van der Waals surface area contributed by atoms with Gasteiger partial charge in [0.15, 0.2) is 0 Å². The molecule has 0 aliphatic carbocycles. The molecule has 1 aliphatic heterocycles. The summed E-state index contributed by atoms with van der Waals surface area (Å²) in [7, 11) is 0. The number of aliphatic hydroxyl groups excluding tert-OH is 2. The maximum atomic E-state index is 10.7. The second-order valence-electron chi connectivity index (χ2n) is 7.36. The van der Waals surface area contributed by atoms with Crippen molar-refractivity contribution < 1.29 is 20.1 Å². The minimum Gasteiger partial charge on any atom is -0.394 e. The zero-order valence-corrected chi connectivity index (χ0v) is 16.5. The number of aromatic nitrogens is 2. The number of nitrogens with zero attached hydrogens (tertiary/aromatic N) is 2. The first-order valence-electron chi connectivity index (χ1n) is 9.32. The van der Waals surface area contributed by atoms with Gasteiger partial charge in [0.05, 0.1) is 12.1 Å². The highest BCUT2D eigenvalue weighted by atomic mass is 35.5.